The van der Waals surface area contributed by atoms with Gasteiger partial charge in [0, 0.05) is 17.3 Å². The average Bonchev–Trinajstić information content (AvgIpc) is 2.23. The number of carbonyl (C=O) groups is 2. The number of piperidine rings is 1. The Morgan fingerprint density at radius 2 is 1.81 bits per heavy atom. The molecule has 0 radical (unpaired) electrons. The van der Waals surface area contributed by atoms with Crippen LogP contribution in [0.25, 0.3) is 0 Å². The van der Waals surface area contributed by atoms with Crippen molar-refractivity contribution in [3.8, 4) is 0 Å². The van der Waals surface area contributed by atoms with E-state index >= 15 is 0 Å². The lowest BCUT2D eigenvalue weighted by atomic mass is 10.1. The maximum absolute atomic E-state index is 11.7. The van der Waals surface area contributed by atoms with E-state index in [1.54, 1.807) is 6.07 Å². The van der Waals surface area contributed by atoms with E-state index in [1.165, 1.54) is 4.90 Å². The SMILES string of the molecule is Cc1ccc(N2C(=O)CCCC2=O)cc1Br. The lowest BCUT2D eigenvalue weighted by Gasteiger charge is -2.25. The predicted molar refractivity (Wildman–Crippen MR) is 65.2 cm³/mol. The molecule has 0 unspecified atom stereocenters. The Hall–Kier alpha value is -1.16. The van der Waals surface area contributed by atoms with E-state index in [9.17, 15) is 9.59 Å². The van der Waals surface area contributed by atoms with Crippen molar-refractivity contribution in [3.05, 3.63) is 28.2 Å². The fourth-order valence-electron chi connectivity index (χ4n) is 1.76. The molecule has 3 nitrogen and oxygen atoms in total. The molecule has 16 heavy (non-hydrogen) atoms. The molecule has 84 valence electrons. The number of halogens is 1. The van der Waals surface area contributed by atoms with Crippen LogP contribution in [0.4, 0.5) is 5.69 Å². The van der Waals surface area contributed by atoms with Gasteiger partial charge in [-0.05, 0) is 31.0 Å². The lowest BCUT2D eigenvalue weighted by molar-refractivity contribution is -0.129. The van der Waals surface area contributed by atoms with Gasteiger partial charge in [0.05, 0.1) is 5.69 Å². The van der Waals surface area contributed by atoms with Gasteiger partial charge in [0.1, 0.15) is 0 Å². The van der Waals surface area contributed by atoms with Gasteiger partial charge in [-0.25, -0.2) is 0 Å². The van der Waals surface area contributed by atoms with Gasteiger partial charge in [-0.1, -0.05) is 22.0 Å². The second kappa shape index (κ2) is 4.37. The van der Waals surface area contributed by atoms with E-state index in [1.807, 2.05) is 19.1 Å². The predicted octanol–water partition coefficient (Wildman–Crippen LogP) is 2.80. The third-order valence-corrected chi connectivity index (χ3v) is 3.55. The summed E-state index contributed by atoms with van der Waals surface area (Å²) in [5, 5.41) is 0. The summed E-state index contributed by atoms with van der Waals surface area (Å²) >= 11 is 3.40. The third kappa shape index (κ3) is 2.02. The summed E-state index contributed by atoms with van der Waals surface area (Å²) < 4.78 is 0.913. The molecule has 0 saturated carbocycles. The summed E-state index contributed by atoms with van der Waals surface area (Å²) in [5.74, 6) is -0.209. The highest BCUT2D eigenvalue weighted by molar-refractivity contribution is 9.10. The van der Waals surface area contributed by atoms with E-state index in [-0.39, 0.29) is 11.8 Å². The zero-order chi connectivity index (χ0) is 11.7. The molecule has 2 rings (SSSR count). The van der Waals surface area contributed by atoms with Crippen LogP contribution in [0.2, 0.25) is 0 Å². The molecule has 1 heterocycles. The van der Waals surface area contributed by atoms with E-state index in [2.05, 4.69) is 15.9 Å². The van der Waals surface area contributed by atoms with Crippen LogP contribution in [0.3, 0.4) is 0 Å². The molecule has 1 aromatic carbocycles. The van der Waals surface area contributed by atoms with Crippen LogP contribution in [0.1, 0.15) is 24.8 Å². The molecule has 0 spiro atoms. The van der Waals surface area contributed by atoms with Crippen LogP contribution < -0.4 is 4.90 Å². The second-order valence-corrected chi connectivity index (χ2v) is 4.76. The van der Waals surface area contributed by atoms with Gasteiger partial charge in [0.15, 0.2) is 0 Å². The quantitative estimate of drug-likeness (QED) is 0.743. The summed E-state index contributed by atoms with van der Waals surface area (Å²) in [4.78, 5) is 24.7. The summed E-state index contributed by atoms with van der Waals surface area (Å²) in [6, 6.07) is 5.52. The Morgan fingerprint density at radius 3 is 2.38 bits per heavy atom. The standard InChI is InChI=1S/C12H12BrNO2/c1-8-5-6-9(7-10(8)13)14-11(15)3-2-4-12(14)16/h5-7H,2-4H2,1H3. The number of anilines is 1. The Bertz CT molecular complexity index is 440. The smallest absolute Gasteiger partial charge is 0.233 e. The molecule has 1 aliphatic heterocycles. The summed E-state index contributed by atoms with van der Waals surface area (Å²) in [6.07, 6.45) is 1.58. The van der Waals surface area contributed by atoms with Crippen LogP contribution in [-0.4, -0.2) is 11.8 Å². The minimum absolute atomic E-state index is 0.105. The topological polar surface area (TPSA) is 37.4 Å². The Balaban J connectivity index is 2.38. The highest BCUT2D eigenvalue weighted by Gasteiger charge is 2.27. The van der Waals surface area contributed by atoms with E-state index < -0.39 is 0 Å². The number of hydrogen-bond donors (Lipinski definition) is 0. The van der Waals surface area contributed by atoms with Gasteiger partial charge >= 0.3 is 0 Å². The number of imide groups is 1. The molecule has 0 aromatic heterocycles. The van der Waals surface area contributed by atoms with Crippen molar-refractivity contribution in [1.29, 1.82) is 0 Å². The molecule has 0 atom stereocenters. The molecule has 4 heteroatoms. The molecule has 0 aliphatic carbocycles. The van der Waals surface area contributed by atoms with E-state index in [4.69, 9.17) is 0 Å². The molecule has 0 N–H and O–H groups in total. The van der Waals surface area contributed by atoms with Crippen molar-refractivity contribution in [2.45, 2.75) is 26.2 Å². The Morgan fingerprint density at radius 1 is 1.19 bits per heavy atom. The monoisotopic (exact) mass is 281 g/mol. The average molecular weight is 282 g/mol. The summed E-state index contributed by atoms with van der Waals surface area (Å²) in [6.45, 7) is 1.97. The van der Waals surface area contributed by atoms with Crippen LogP contribution in [0.15, 0.2) is 22.7 Å². The molecule has 1 aromatic rings. The Kier molecular flexibility index (Phi) is 3.10. The van der Waals surface area contributed by atoms with Crippen molar-refractivity contribution >= 4 is 33.4 Å². The summed E-state index contributed by atoms with van der Waals surface area (Å²) in [5.41, 5.74) is 1.74. The minimum atomic E-state index is -0.105. The highest BCUT2D eigenvalue weighted by Crippen LogP contribution is 2.26. The van der Waals surface area contributed by atoms with Gasteiger partial charge in [0.2, 0.25) is 11.8 Å². The van der Waals surface area contributed by atoms with Crippen LogP contribution >= 0.6 is 15.9 Å². The zero-order valence-electron chi connectivity index (χ0n) is 9.00. The molecular formula is C12H12BrNO2. The maximum Gasteiger partial charge on any atom is 0.233 e. The number of hydrogen-bond acceptors (Lipinski definition) is 2. The van der Waals surface area contributed by atoms with E-state index in [0.29, 0.717) is 24.9 Å². The van der Waals surface area contributed by atoms with Gasteiger partial charge in [-0.15, -0.1) is 0 Å². The molecule has 1 fully saturated rings. The van der Waals surface area contributed by atoms with Gasteiger partial charge in [0.25, 0.3) is 0 Å². The molecule has 0 bridgehead atoms. The normalized spacial score (nSPS) is 16.8. The minimum Gasteiger partial charge on any atom is -0.274 e. The second-order valence-electron chi connectivity index (χ2n) is 3.91. The van der Waals surface area contributed by atoms with Crippen LogP contribution in [0, 0.1) is 6.92 Å². The fraction of sp³-hybridized carbons (Fsp3) is 0.333. The number of aryl methyl sites for hydroxylation is 1. The Labute approximate surface area is 103 Å². The lowest BCUT2D eigenvalue weighted by Crippen LogP contribution is -2.40. The van der Waals surface area contributed by atoms with Crippen molar-refractivity contribution in [3.63, 3.8) is 0 Å². The van der Waals surface area contributed by atoms with Crippen LogP contribution in [0.5, 0.6) is 0 Å². The van der Waals surface area contributed by atoms with Crippen molar-refractivity contribution in [2.75, 3.05) is 4.90 Å². The highest BCUT2D eigenvalue weighted by atomic mass is 79.9. The molecule has 1 saturated heterocycles. The van der Waals surface area contributed by atoms with Crippen molar-refractivity contribution < 1.29 is 9.59 Å². The maximum atomic E-state index is 11.7. The van der Waals surface area contributed by atoms with Gasteiger partial charge in [-0.3, -0.25) is 14.5 Å². The third-order valence-electron chi connectivity index (χ3n) is 2.69. The first-order valence-electron chi connectivity index (χ1n) is 5.21. The number of amides is 2. The van der Waals surface area contributed by atoms with Crippen molar-refractivity contribution in [2.24, 2.45) is 0 Å². The van der Waals surface area contributed by atoms with E-state index in [0.717, 1.165) is 10.0 Å². The summed E-state index contributed by atoms with van der Waals surface area (Å²) in [7, 11) is 0. The first-order valence-corrected chi connectivity index (χ1v) is 6.01. The first-order chi connectivity index (χ1) is 7.59. The number of nitrogens with zero attached hydrogens (tertiary/aromatic N) is 1. The fourth-order valence-corrected chi connectivity index (χ4v) is 2.13. The number of benzene rings is 1. The van der Waals surface area contributed by atoms with Crippen LogP contribution in [-0.2, 0) is 9.59 Å². The number of rotatable bonds is 1. The molecular weight excluding hydrogens is 270 g/mol. The number of carbonyl (C=O) groups excluding carboxylic acids is 2. The van der Waals surface area contributed by atoms with Gasteiger partial charge < -0.3 is 0 Å². The molecule has 2 amide bonds. The van der Waals surface area contributed by atoms with Crippen molar-refractivity contribution in [1.82, 2.24) is 0 Å². The largest absolute Gasteiger partial charge is 0.274 e. The first kappa shape index (κ1) is 11.3. The van der Waals surface area contributed by atoms with Gasteiger partial charge in [-0.2, -0.15) is 0 Å². The molecule has 1 aliphatic rings. The zero-order valence-corrected chi connectivity index (χ0v) is 10.6.